The van der Waals surface area contributed by atoms with Gasteiger partial charge in [0.05, 0.1) is 5.38 Å². The molecule has 0 nitrogen and oxygen atoms in total. The summed E-state index contributed by atoms with van der Waals surface area (Å²) in [6.07, 6.45) is 0. The topological polar surface area (TPSA) is 0 Å². The van der Waals surface area contributed by atoms with Crippen LogP contribution in [0.25, 0.3) is 0 Å². The van der Waals surface area contributed by atoms with Crippen LogP contribution in [0.3, 0.4) is 0 Å². The molecule has 0 amide bonds. The van der Waals surface area contributed by atoms with Crippen molar-refractivity contribution in [1.29, 1.82) is 0 Å². The van der Waals surface area contributed by atoms with E-state index in [1.54, 1.807) is 0 Å². The van der Waals surface area contributed by atoms with Gasteiger partial charge in [-0.3, -0.25) is 0 Å². The predicted octanol–water partition coefficient (Wildman–Crippen LogP) is 6.27. The molecule has 1 unspecified atom stereocenters. The third kappa shape index (κ3) is 3.37. The molecule has 0 N–H and O–H groups in total. The number of alkyl halides is 1. The zero-order valence-corrected chi connectivity index (χ0v) is 13.9. The molecule has 106 valence electrons. The summed E-state index contributed by atoms with van der Waals surface area (Å²) in [4.78, 5) is 0. The second kappa shape index (κ2) is 5.79. The van der Waals surface area contributed by atoms with Gasteiger partial charge in [-0.15, -0.1) is 11.6 Å². The number of hydrogen-bond acceptors (Lipinski definition) is 0. The predicted molar refractivity (Wildman–Crippen MR) is 89.0 cm³/mol. The molecule has 0 aliphatic rings. The fraction of sp³-hybridized carbons (Fsp3) is 0.333. The summed E-state index contributed by atoms with van der Waals surface area (Å²) in [6, 6.07) is 14.4. The maximum absolute atomic E-state index is 6.62. The number of aryl methyl sites for hydroxylation is 1. The van der Waals surface area contributed by atoms with Crippen LogP contribution in [0.1, 0.15) is 48.4 Å². The SMILES string of the molecule is Cc1ccc(Cl)cc1C(Cl)c1ccc(C(C)(C)C)cc1. The van der Waals surface area contributed by atoms with Gasteiger partial charge >= 0.3 is 0 Å². The zero-order valence-electron chi connectivity index (χ0n) is 12.4. The molecule has 1 atom stereocenters. The van der Waals surface area contributed by atoms with Crippen molar-refractivity contribution in [2.24, 2.45) is 0 Å². The fourth-order valence-corrected chi connectivity index (χ4v) is 2.78. The highest BCUT2D eigenvalue weighted by Gasteiger charge is 2.16. The largest absolute Gasteiger partial charge is 0.113 e. The average molecular weight is 307 g/mol. The van der Waals surface area contributed by atoms with Crippen LogP contribution >= 0.6 is 23.2 Å². The quantitative estimate of drug-likeness (QED) is 0.573. The van der Waals surface area contributed by atoms with Crippen molar-refractivity contribution in [3.8, 4) is 0 Å². The minimum atomic E-state index is -0.164. The summed E-state index contributed by atoms with van der Waals surface area (Å²) in [6.45, 7) is 8.69. The van der Waals surface area contributed by atoms with E-state index in [2.05, 4.69) is 52.0 Å². The van der Waals surface area contributed by atoms with Crippen LogP contribution in [-0.4, -0.2) is 0 Å². The third-order valence-corrected chi connectivity index (χ3v) is 4.31. The van der Waals surface area contributed by atoms with Crippen molar-refractivity contribution >= 4 is 23.2 Å². The number of hydrogen-bond donors (Lipinski definition) is 0. The van der Waals surface area contributed by atoms with E-state index < -0.39 is 0 Å². The molecule has 0 aliphatic carbocycles. The number of halogens is 2. The molecule has 0 saturated heterocycles. The van der Waals surface area contributed by atoms with E-state index in [4.69, 9.17) is 23.2 Å². The minimum Gasteiger partial charge on any atom is -0.113 e. The van der Waals surface area contributed by atoms with Crippen molar-refractivity contribution in [3.05, 3.63) is 69.7 Å². The van der Waals surface area contributed by atoms with Crippen molar-refractivity contribution in [2.75, 3.05) is 0 Å². The standard InChI is InChI=1S/C18H20Cl2/c1-12-5-10-15(19)11-16(12)17(20)13-6-8-14(9-7-13)18(2,3)4/h5-11,17H,1-4H3. The Balaban J connectivity index is 2.34. The lowest BCUT2D eigenvalue weighted by Crippen LogP contribution is -2.10. The molecule has 2 heteroatoms. The average Bonchev–Trinajstić information content (AvgIpc) is 2.40. The molecule has 0 aliphatic heterocycles. The molecule has 0 saturated carbocycles. The molecule has 0 fully saturated rings. The van der Waals surface area contributed by atoms with Gasteiger partial charge in [0.2, 0.25) is 0 Å². The molecule has 0 heterocycles. The van der Waals surface area contributed by atoms with Gasteiger partial charge in [0, 0.05) is 5.02 Å². The van der Waals surface area contributed by atoms with Crippen LogP contribution in [-0.2, 0) is 5.41 Å². The molecule has 2 aromatic rings. The Morgan fingerprint density at radius 3 is 2.10 bits per heavy atom. The Bertz CT molecular complexity index is 592. The molecule has 20 heavy (non-hydrogen) atoms. The molecular weight excluding hydrogens is 287 g/mol. The lowest BCUT2D eigenvalue weighted by atomic mass is 9.86. The lowest BCUT2D eigenvalue weighted by molar-refractivity contribution is 0.590. The Labute approximate surface area is 131 Å². The second-order valence-electron chi connectivity index (χ2n) is 6.24. The normalized spacial score (nSPS) is 13.3. The van der Waals surface area contributed by atoms with Crippen molar-refractivity contribution in [1.82, 2.24) is 0 Å². The van der Waals surface area contributed by atoms with E-state index in [9.17, 15) is 0 Å². The van der Waals surface area contributed by atoms with E-state index in [1.807, 2.05) is 18.2 Å². The van der Waals surface area contributed by atoms with Crippen LogP contribution in [0.4, 0.5) is 0 Å². The van der Waals surface area contributed by atoms with Crippen LogP contribution in [0.15, 0.2) is 42.5 Å². The van der Waals surface area contributed by atoms with Gasteiger partial charge in [-0.25, -0.2) is 0 Å². The first-order chi connectivity index (χ1) is 9.29. The monoisotopic (exact) mass is 306 g/mol. The molecule has 2 rings (SSSR count). The molecule has 0 radical (unpaired) electrons. The van der Waals surface area contributed by atoms with Gasteiger partial charge in [-0.05, 0) is 46.7 Å². The van der Waals surface area contributed by atoms with Gasteiger partial charge in [0.1, 0.15) is 0 Å². The van der Waals surface area contributed by atoms with Crippen molar-refractivity contribution in [2.45, 2.75) is 38.5 Å². The summed E-state index contributed by atoms with van der Waals surface area (Å²) in [5.41, 5.74) is 4.81. The first-order valence-corrected chi connectivity index (χ1v) is 7.61. The van der Waals surface area contributed by atoms with E-state index in [-0.39, 0.29) is 10.8 Å². The van der Waals surface area contributed by atoms with Crippen LogP contribution in [0.2, 0.25) is 5.02 Å². The minimum absolute atomic E-state index is 0.159. The highest BCUT2D eigenvalue weighted by Crippen LogP contribution is 2.33. The van der Waals surface area contributed by atoms with Crippen LogP contribution in [0, 0.1) is 6.92 Å². The molecule has 2 aromatic carbocycles. The van der Waals surface area contributed by atoms with Gasteiger partial charge in [0.15, 0.2) is 0 Å². The summed E-state index contributed by atoms with van der Waals surface area (Å²) in [5, 5.41) is 0.560. The summed E-state index contributed by atoms with van der Waals surface area (Å²) in [5.74, 6) is 0. The Morgan fingerprint density at radius 1 is 0.950 bits per heavy atom. The highest BCUT2D eigenvalue weighted by atomic mass is 35.5. The number of benzene rings is 2. The van der Waals surface area contributed by atoms with Gasteiger partial charge < -0.3 is 0 Å². The smallest absolute Gasteiger partial charge is 0.0838 e. The molecule has 0 spiro atoms. The summed E-state index contributed by atoms with van der Waals surface area (Å²) < 4.78 is 0. The maximum Gasteiger partial charge on any atom is 0.0838 e. The summed E-state index contributed by atoms with van der Waals surface area (Å²) in [7, 11) is 0. The fourth-order valence-electron chi connectivity index (χ4n) is 2.22. The van der Waals surface area contributed by atoms with Crippen LogP contribution < -0.4 is 0 Å². The Kier molecular flexibility index (Phi) is 4.46. The highest BCUT2D eigenvalue weighted by molar-refractivity contribution is 6.31. The van der Waals surface area contributed by atoms with Crippen molar-refractivity contribution in [3.63, 3.8) is 0 Å². The van der Waals surface area contributed by atoms with Crippen molar-refractivity contribution < 1.29 is 0 Å². The zero-order chi connectivity index (χ0) is 14.9. The van der Waals surface area contributed by atoms with Gasteiger partial charge in [-0.1, -0.05) is 62.7 Å². The van der Waals surface area contributed by atoms with Gasteiger partial charge in [0.25, 0.3) is 0 Å². The van der Waals surface area contributed by atoms with Crippen LogP contribution in [0.5, 0.6) is 0 Å². The third-order valence-electron chi connectivity index (χ3n) is 3.58. The molecular formula is C18H20Cl2. The van der Waals surface area contributed by atoms with E-state index in [0.29, 0.717) is 0 Å². The van der Waals surface area contributed by atoms with Gasteiger partial charge in [-0.2, -0.15) is 0 Å². The lowest BCUT2D eigenvalue weighted by Gasteiger charge is -2.20. The molecule has 0 bridgehead atoms. The Hall–Kier alpha value is -0.980. The first kappa shape index (κ1) is 15.4. The number of rotatable bonds is 2. The molecule has 0 aromatic heterocycles. The Morgan fingerprint density at radius 2 is 1.55 bits per heavy atom. The first-order valence-electron chi connectivity index (χ1n) is 6.79. The second-order valence-corrected chi connectivity index (χ2v) is 7.11. The van der Waals surface area contributed by atoms with E-state index in [0.717, 1.165) is 21.7 Å². The summed E-state index contributed by atoms with van der Waals surface area (Å²) >= 11 is 12.7. The maximum atomic E-state index is 6.62. The van der Waals surface area contributed by atoms with E-state index >= 15 is 0 Å². The van der Waals surface area contributed by atoms with E-state index in [1.165, 1.54) is 5.56 Å².